The summed E-state index contributed by atoms with van der Waals surface area (Å²) >= 11 is 0. The summed E-state index contributed by atoms with van der Waals surface area (Å²) in [6.45, 7) is 3.21. The summed E-state index contributed by atoms with van der Waals surface area (Å²) in [6.07, 6.45) is 3.84. The molecule has 0 aromatic heterocycles. The molecule has 172 valence electrons. The SMILES string of the molecule is Cl.O=C(O)[C@@H]1CCCN(Cc2ccccc2CN2c3ccccc3CCc3ccccc32)C1. The highest BCUT2D eigenvalue weighted by Crippen LogP contribution is 2.37. The van der Waals surface area contributed by atoms with E-state index < -0.39 is 5.97 Å². The summed E-state index contributed by atoms with van der Waals surface area (Å²) in [4.78, 5) is 16.3. The zero-order valence-electron chi connectivity index (χ0n) is 18.8. The Hall–Kier alpha value is -2.82. The van der Waals surface area contributed by atoms with Crippen molar-refractivity contribution in [2.45, 2.75) is 38.8 Å². The number of aryl methyl sites for hydroxylation is 2. The van der Waals surface area contributed by atoms with Crippen LogP contribution in [0.25, 0.3) is 0 Å². The van der Waals surface area contributed by atoms with Crippen molar-refractivity contribution >= 4 is 29.8 Å². The second-order valence-electron chi connectivity index (χ2n) is 9.02. The van der Waals surface area contributed by atoms with Crippen LogP contribution in [0.15, 0.2) is 72.8 Å². The van der Waals surface area contributed by atoms with Crippen LogP contribution < -0.4 is 4.90 Å². The summed E-state index contributed by atoms with van der Waals surface area (Å²) in [5, 5.41) is 9.47. The molecule has 0 saturated carbocycles. The van der Waals surface area contributed by atoms with Crippen molar-refractivity contribution in [1.29, 1.82) is 0 Å². The first-order chi connectivity index (χ1) is 15.7. The third kappa shape index (κ3) is 5.07. The van der Waals surface area contributed by atoms with Gasteiger partial charge in [-0.3, -0.25) is 9.69 Å². The van der Waals surface area contributed by atoms with Crippen molar-refractivity contribution in [3.63, 3.8) is 0 Å². The van der Waals surface area contributed by atoms with Gasteiger partial charge in [-0.25, -0.2) is 0 Å². The standard InChI is InChI=1S/C28H30N2O2.ClH/c31-28(32)25-12-7-17-29(19-25)18-23-10-1-2-11-24(23)20-30-26-13-5-3-8-21(26)15-16-22-9-4-6-14-27(22)30;/h1-6,8-11,13-14,25H,7,12,15-20H2,(H,31,32);1H/t25-;/m1./s1. The van der Waals surface area contributed by atoms with Crippen molar-refractivity contribution in [1.82, 2.24) is 4.90 Å². The Morgan fingerprint density at radius 2 is 1.36 bits per heavy atom. The van der Waals surface area contributed by atoms with E-state index in [2.05, 4.69) is 82.6 Å². The van der Waals surface area contributed by atoms with E-state index in [1.165, 1.54) is 33.6 Å². The summed E-state index contributed by atoms with van der Waals surface area (Å²) in [5.41, 5.74) is 7.95. The molecule has 1 fully saturated rings. The molecule has 4 nitrogen and oxygen atoms in total. The first kappa shape index (κ1) is 23.3. The molecule has 1 saturated heterocycles. The van der Waals surface area contributed by atoms with Crippen LogP contribution in [0.3, 0.4) is 0 Å². The van der Waals surface area contributed by atoms with E-state index in [-0.39, 0.29) is 18.3 Å². The molecule has 5 rings (SSSR count). The Balaban J connectivity index is 0.00000259. The highest BCUT2D eigenvalue weighted by Gasteiger charge is 2.26. The van der Waals surface area contributed by atoms with Gasteiger partial charge in [0, 0.05) is 31.0 Å². The number of hydrogen-bond donors (Lipinski definition) is 1. The second kappa shape index (κ2) is 10.4. The molecule has 0 spiro atoms. The molecule has 1 atom stereocenters. The van der Waals surface area contributed by atoms with Crippen LogP contribution in [0, 0.1) is 5.92 Å². The minimum atomic E-state index is -0.666. The largest absolute Gasteiger partial charge is 0.481 e. The Bertz CT molecular complexity index is 1070. The maximum atomic E-state index is 11.5. The number of carbonyl (C=O) groups is 1. The topological polar surface area (TPSA) is 43.8 Å². The highest BCUT2D eigenvalue weighted by atomic mass is 35.5. The van der Waals surface area contributed by atoms with E-state index in [0.717, 1.165) is 45.3 Å². The van der Waals surface area contributed by atoms with Gasteiger partial charge in [-0.05, 0) is 66.6 Å². The van der Waals surface area contributed by atoms with Crippen molar-refractivity contribution in [2.24, 2.45) is 5.92 Å². The number of benzene rings is 3. The third-order valence-electron chi connectivity index (χ3n) is 6.92. The highest BCUT2D eigenvalue weighted by molar-refractivity contribution is 5.85. The van der Waals surface area contributed by atoms with Crippen LogP contribution in [0.5, 0.6) is 0 Å². The fraction of sp³-hybridized carbons (Fsp3) is 0.321. The zero-order chi connectivity index (χ0) is 21.9. The average Bonchev–Trinajstić information content (AvgIpc) is 2.98. The van der Waals surface area contributed by atoms with E-state index in [1.54, 1.807) is 0 Å². The number of rotatable bonds is 5. The van der Waals surface area contributed by atoms with Gasteiger partial charge < -0.3 is 10.0 Å². The quantitative estimate of drug-likeness (QED) is 0.517. The summed E-state index contributed by atoms with van der Waals surface area (Å²) < 4.78 is 0. The van der Waals surface area contributed by atoms with Gasteiger partial charge in [0.2, 0.25) is 0 Å². The first-order valence-electron chi connectivity index (χ1n) is 11.6. The van der Waals surface area contributed by atoms with Gasteiger partial charge in [-0.2, -0.15) is 0 Å². The van der Waals surface area contributed by atoms with Crippen LogP contribution in [-0.2, 0) is 30.7 Å². The van der Waals surface area contributed by atoms with Gasteiger partial charge in [-0.1, -0.05) is 60.7 Å². The van der Waals surface area contributed by atoms with Crippen LogP contribution in [0.1, 0.15) is 35.1 Å². The fourth-order valence-corrected chi connectivity index (χ4v) is 5.22. The van der Waals surface area contributed by atoms with Crippen LogP contribution >= 0.6 is 12.4 Å². The molecule has 0 radical (unpaired) electrons. The number of nitrogens with zero attached hydrogens (tertiary/aromatic N) is 2. The van der Waals surface area contributed by atoms with Crippen molar-refractivity contribution in [3.05, 3.63) is 95.1 Å². The van der Waals surface area contributed by atoms with Gasteiger partial charge in [0.15, 0.2) is 0 Å². The lowest BCUT2D eigenvalue weighted by Crippen LogP contribution is -2.38. The van der Waals surface area contributed by atoms with Gasteiger partial charge in [-0.15, -0.1) is 12.4 Å². The second-order valence-corrected chi connectivity index (χ2v) is 9.02. The lowest BCUT2D eigenvalue weighted by atomic mass is 9.97. The Labute approximate surface area is 202 Å². The molecule has 0 unspecified atom stereocenters. The van der Waals surface area contributed by atoms with E-state index in [9.17, 15) is 9.90 Å². The Kier molecular flexibility index (Phi) is 7.36. The molecule has 3 aromatic rings. The number of para-hydroxylation sites is 2. The normalized spacial score (nSPS) is 17.9. The Morgan fingerprint density at radius 3 is 1.97 bits per heavy atom. The third-order valence-corrected chi connectivity index (χ3v) is 6.92. The number of carboxylic acids is 1. The maximum Gasteiger partial charge on any atom is 0.307 e. The van der Waals surface area contributed by atoms with Crippen LogP contribution in [0.2, 0.25) is 0 Å². The molecule has 5 heteroatoms. The van der Waals surface area contributed by atoms with Gasteiger partial charge in [0.05, 0.1) is 5.92 Å². The molecule has 2 aliphatic rings. The predicted molar refractivity (Wildman–Crippen MR) is 135 cm³/mol. The molecule has 2 aliphatic heterocycles. The summed E-state index contributed by atoms with van der Waals surface area (Å²) in [7, 11) is 0. The molecule has 0 bridgehead atoms. The van der Waals surface area contributed by atoms with E-state index >= 15 is 0 Å². The number of carboxylic acid groups (broad SMARTS) is 1. The minimum Gasteiger partial charge on any atom is -0.481 e. The monoisotopic (exact) mass is 462 g/mol. The molecule has 33 heavy (non-hydrogen) atoms. The number of anilines is 2. The molecular formula is C28H31ClN2O2. The summed E-state index contributed by atoms with van der Waals surface area (Å²) in [5.74, 6) is -0.916. The van der Waals surface area contributed by atoms with Crippen molar-refractivity contribution in [2.75, 3.05) is 18.0 Å². The van der Waals surface area contributed by atoms with Gasteiger partial charge in [0.1, 0.15) is 0 Å². The number of halogens is 1. The predicted octanol–water partition coefficient (Wildman–Crippen LogP) is 5.84. The van der Waals surface area contributed by atoms with Crippen LogP contribution in [-0.4, -0.2) is 29.1 Å². The molecule has 2 heterocycles. The van der Waals surface area contributed by atoms with E-state index in [0.29, 0.717) is 6.54 Å². The van der Waals surface area contributed by atoms with Gasteiger partial charge in [0.25, 0.3) is 0 Å². The smallest absolute Gasteiger partial charge is 0.307 e. The average molecular weight is 463 g/mol. The molecule has 0 aliphatic carbocycles. The number of likely N-dealkylation sites (tertiary alicyclic amines) is 1. The maximum absolute atomic E-state index is 11.5. The van der Waals surface area contributed by atoms with Gasteiger partial charge >= 0.3 is 5.97 Å². The number of piperidine rings is 1. The summed E-state index contributed by atoms with van der Waals surface area (Å²) in [6, 6.07) is 26.2. The van der Waals surface area contributed by atoms with E-state index in [1.807, 2.05) is 0 Å². The zero-order valence-corrected chi connectivity index (χ0v) is 19.6. The number of fused-ring (bicyclic) bond motifs is 2. The minimum absolute atomic E-state index is 0. The molecule has 1 N–H and O–H groups in total. The van der Waals surface area contributed by atoms with E-state index in [4.69, 9.17) is 0 Å². The lowest BCUT2D eigenvalue weighted by molar-refractivity contribution is -0.143. The lowest BCUT2D eigenvalue weighted by Gasteiger charge is -2.32. The molecule has 3 aromatic carbocycles. The first-order valence-corrected chi connectivity index (χ1v) is 11.6. The Morgan fingerprint density at radius 1 is 0.818 bits per heavy atom. The molecular weight excluding hydrogens is 432 g/mol. The van der Waals surface area contributed by atoms with Crippen LogP contribution in [0.4, 0.5) is 11.4 Å². The number of hydrogen-bond acceptors (Lipinski definition) is 3. The fourth-order valence-electron chi connectivity index (χ4n) is 5.22. The molecule has 0 amide bonds. The van der Waals surface area contributed by atoms with Crippen molar-refractivity contribution in [3.8, 4) is 0 Å². The number of aliphatic carboxylic acids is 1. The van der Waals surface area contributed by atoms with Crippen molar-refractivity contribution < 1.29 is 9.90 Å².